The van der Waals surface area contributed by atoms with Crippen LogP contribution in [0.25, 0.3) is 0 Å². The fourth-order valence-electron chi connectivity index (χ4n) is 1.82. The Morgan fingerprint density at radius 2 is 1.58 bits per heavy atom. The zero-order chi connectivity index (χ0) is 14.5. The van der Waals surface area contributed by atoms with Gasteiger partial charge in [0.25, 0.3) is 0 Å². The Hall–Kier alpha value is -1.31. The van der Waals surface area contributed by atoms with E-state index in [1.807, 2.05) is 44.2 Å². The van der Waals surface area contributed by atoms with Gasteiger partial charge in [0, 0.05) is 12.0 Å². The van der Waals surface area contributed by atoms with Gasteiger partial charge in [0.15, 0.2) is 0 Å². The van der Waals surface area contributed by atoms with Crippen LogP contribution in [0.4, 0.5) is 0 Å². The van der Waals surface area contributed by atoms with Crippen LogP contribution in [0.15, 0.2) is 30.3 Å². The molecule has 0 atom stereocenters. The van der Waals surface area contributed by atoms with Crippen molar-refractivity contribution < 1.29 is 4.79 Å². The fraction of sp³-hybridized carbons (Fsp3) is 0.588. The van der Waals surface area contributed by atoms with E-state index in [2.05, 4.69) is 26.1 Å². The summed E-state index contributed by atoms with van der Waals surface area (Å²) in [4.78, 5) is 12.2. The Morgan fingerprint density at radius 1 is 1.00 bits per heavy atom. The van der Waals surface area contributed by atoms with Crippen LogP contribution in [-0.4, -0.2) is 5.91 Å². The van der Waals surface area contributed by atoms with E-state index in [-0.39, 0.29) is 16.7 Å². The normalized spacial score (nSPS) is 12.3. The third-order valence-corrected chi connectivity index (χ3v) is 3.41. The maximum Gasteiger partial charge on any atom is 0.225 e. The van der Waals surface area contributed by atoms with Gasteiger partial charge < -0.3 is 5.32 Å². The van der Waals surface area contributed by atoms with Crippen LogP contribution in [0.3, 0.4) is 0 Å². The second-order valence-corrected chi connectivity index (χ2v) is 7.11. The highest BCUT2D eigenvalue weighted by Gasteiger charge is 2.28. The van der Waals surface area contributed by atoms with Crippen molar-refractivity contribution in [1.29, 1.82) is 0 Å². The summed E-state index contributed by atoms with van der Waals surface area (Å²) in [6.45, 7) is 11.3. The van der Waals surface area contributed by atoms with E-state index in [0.29, 0.717) is 6.54 Å². The van der Waals surface area contributed by atoms with Crippen molar-refractivity contribution in [3.8, 4) is 0 Å². The number of carbonyl (C=O) groups is 1. The molecule has 0 radical (unpaired) electrons. The molecule has 0 bridgehead atoms. The van der Waals surface area contributed by atoms with Gasteiger partial charge in [-0.15, -0.1) is 0 Å². The number of hydrogen-bond donors (Lipinski definition) is 1. The molecule has 2 nitrogen and oxygen atoms in total. The highest BCUT2D eigenvalue weighted by molar-refractivity contribution is 5.81. The van der Waals surface area contributed by atoms with Gasteiger partial charge in [-0.2, -0.15) is 0 Å². The van der Waals surface area contributed by atoms with Gasteiger partial charge in [-0.3, -0.25) is 4.79 Å². The summed E-state index contributed by atoms with van der Waals surface area (Å²) < 4.78 is 0. The number of hydrogen-bond acceptors (Lipinski definition) is 1. The zero-order valence-electron chi connectivity index (χ0n) is 12.9. The van der Waals surface area contributed by atoms with Crippen LogP contribution >= 0.6 is 0 Å². The van der Waals surface area contributed by atoms with Crippen molar-refractivity contribution in [2.75, 3.05) is 0 Å². The van der Waals surface area contributed by atoms with Gasteiger partial charge in [0.2, 0.25) is 5.91 Å². The van der Waals surface area contributed by atoms with Gasteiger partial charge in [0.05, 0.1) is 0 Å². The van der Waals surface area contributed by atoms with E-state index in [1.54, 1.807) is 0 Å². The lowest BCUT2D eigenvalue weighted by Crippen LogP contribution is -2.37. The molecule has 0 spiro atoms. The first-order valence-corrected chi connectivity index (χ1v) is 7.03. The molecule has 0 heterocycles. The molecule has 1 aromatic carbocycles. The highest BCUT2D eigenvalue weighted by Crippen LogP contribution is 2.30. The molecule has 0 saturated heterocycles. The van der Waals surface area contributed by atoms with Gasteiger partial charge in [0.1, 0.15) is 0 Å². The Kier molecular flexibility index (Phi) is 5.16. The van der Waals surface area contributed by atoms with E-state index in [0.717, 1.165) is 18.4 Å². The predicted octanol–water partition coefficient (Wildman–Crippen LogP) is 4.16. The van der Waals surface area contributed by atoms with E-state index in [4.69, 9.17) is 0 Å². The number of rotatable bonds is 5. The molecule has 0 unspecified atom stereocenters. The molecule has 0 aliphatic carbocycles. The van der Waals surface area contributed by atoms with Crippen molar-refractivity contribution in [1.82, 2.24) is 5.32 Å². The molecular weight excluding hydrogens is 234 g/mol. The average Bonchev–Trinajstić information content (AvgIpc) is 2.34. The second-order valence-electron chi connectivity index (χ2n) is 7.11. The molecule has 0 aliphatic rings. The summed E-state index contributed by atoms with van der Waals surface area (Å²) in [5.41, 5.74) is 1.11. The third-order valence-electron chi connectivity index (χ3n) is 3.41. The van der Waals surface area contributed by atoms with Crippen molar-refractivity contribution >= 4 is 5.91 Å². The Balaban J connectivity index is 2.47. The molecule has 1 aromatic rings. The fourth-order valence-corrected chi connectivity index (χ4v) is 1.82. The summed E-state index contributed by atoms with van der Waals surface area (Å²) in [5.74, 6) is 0.139. The first-order chi connectivity index (χ1) is 8.71. The van der Waals surface area contributed by atoms with E-state index >= 15 is 0 Å². The van der Waals surface area contributed by atoms with Gasteiger partial charge in [-0.25, -0.2) is 0 Å². The minimum absolute atomic E-state index is 0.139. The molecular formula is C17H27NO. The van der Waals surface area contributed by atoms with Crippen LogP contribution in [0.1, 0.15) is 53.0 Å². The standard InChI is InChI=1S/C17H27NO/c1-16(2,3)11-12-17(4,5)15(19)18-13-14-9-7-6-8-10-14/h6-10H,11-13H2,1-5H3,(H,18,19). The minimum atomic E-state index is -0.304. The zero-order valence-corrected chi connectivity index (χ0v) is 12.9. The Bertz CT molecular complexity index is 401. The van der Waals surface area contributed by atoms with E-state index < -0.39 is 0 Å². The number of nitrogens with one attached hydrogen (secondary N) is 1. The monoisotopic (exact) mass is 261 g/mol. The molecule has 2 heteroatoms. The van der Waals surface area contributed by atoms with Gasteiger partial charge in [-0.05, 0) is 23.8 Å². The minimum Gasteiger partial charge on any atom is -0.352 e. The van der Waals surface area contributed by atoms with Crippen LogP contribution in [0.5, 0.6) is 0 Å². The van der Waals surface area contributed by atoms with Gasteiger partial charge in [-0.1, -0.05) is 65.0 Å². The number of amides is 1. The van der Waals surface area contributed by atoms with E-state index in [9.17, 15) is 4.79 Å². The first-order valence-electron chi connectivity index (χ1n) is 7.03. The lowest BCUT2D eigenvalue weighted by molar-refractivity contribution is -0.130. The topological polar surface area (TPSA) is 29.1 Å². The average molecular weight is 261 g/mol. The molecule has 0 aromatic heterocycles. The summed E-state index contributed by atoms with van der Waals surface area (Å²) >= 11 is 0. The third kappa shape index (κ3) is 5.91. The smallest absolute Gasteiger partial charge is 0.225 e. The lowest BCUT2D eigenvalue weighted by atomic mass is 9.79. The molecule has 0 aliphatic heterocycles. The quantitative estimate of drug-likeness (QED) is 0.847. The van der Waals surface area contributed by atoms with E-state index in [1.165, 1.54) is 0 Å². The van der Waals surface area contributed by atoms with Crippen molar-refractivity contribution in [2.24, 2.45) is 10.8 Å². The number of benzene rings is 1. The summed E-state index contributed by atoms with van der Waals surface area (Å²) in [6, 6.07) is 10.0. The highest BCUT2D eigenvalue weighted by atomic mass is 16.2. The summed E-state index contributed by atoms with van der Waals surface area (Å²) in [7, 11) is 0. The molecule has 0 saturated carbocycles. The number of carbonyl (C=O) groups excluding carboxylic acids is 1. The largest absolute Gasteiger partial charge is 0.352 e. The maximum atomic E-state index is 12.2. The van der Waals surface area contributed by atoms with Crippen molar-refractivity contribution in [2.45, 2.75) is 54.0 Å². The Morgan fingerprint density at radius 3 is 2.11 bits per heavy atom. The predicted molar refractivity (Wildman–Crippen MR) is 80.8 cm³/mol. The SMILES string of the molecule is CC(C)(C)CCC(C)(C)C(=O)NCc1ccccc1. The second kappa shape index (κ2) is 6.23. The molecule has 1 N–H and O–H groups in total. The Labute approximate surface area is 117 Å². The summed E-state index contributed by atoms with van der Waals surface area (Å²) in [5, 5.41) is 3.04. The van der Waals surface area contributed by atoms with Crippen molar-refractivity contribution in [3.63, 3.8) is 0 Å². The first kappa shape index (κ1) is 15.7. The lowest BCUT2D eigenvalue weighted by Gasteiger charge is -2.28. The summed E-state index contributed by atoms with van der Waals surface area (Å²) in [6.07, 6.45) is 1.97. The molecule has 106 valence electrons. The molecule has 1 amide bonds. The molecule has 1 rings (SSSR count). The van der Waals surface area contributed by atoms with Gasteiger partial charge >= 0.3 is 0 Å². The van der Waals surface area contributed by atoms with Crippen LogP contribution in [-0.2, 0) is 11.3 Å². The molecule has 19 heavy (non-hydrogen) atoms. The maximum absolute atomic E-state index is 12.2. The molecule has 0 fully saturated rings. The van der Waals surface area contributed by atoms with Crippen LogP contribution < -0.4 is 5.32 Å². The van der Waals surface area contributed by atoms with Crippen molar-refractivity contribution in [3.05, 3.63) is 35.9 Å². The van der Waals surface area contributed by atoms with Crippen LogP contribution in [0.2, 0.25) is 0 Å². The van der Waals surface area contributed by atoms with Crippen LogP contribution in [0, 0.1) is 10.8 Å².